The number of ether oxygens (including phenoxy) is 1. The average Bonchev–Trinajstić information content (AvgIpc) is 3.71. The maximum atomic E-state index is 14.3. The number of benzene rings is 3. The van der Waals surface area contributed by atoms with Gasteiger partial charge in [-0.2, -0.15) is 0 Å². The molecule has 1 aliphatic carbocycles. The van der Waals surface area contributed by atoms with Gasteiger partial charge in [0.15, 0.2) is 0 Å². The Morgan fingerprint density at radius 2 is 1.93 bits per heavy atom. The Morgan fingerprint density at radius 1 is 1.16 bits per heavy atom. The predicted octanol–water partition coefficient (Wildman–Crippen LogP) is 4.86. The number of methoxy groups -OCH3 is 1. The van der Waals surface area contributed by atoms with E-state index in [1.807, 2.05) is 24.3 Å². The van der Waals surface area contributed by atoms with Crippen LogP contribution in [0.5, 0.6) is 0 Å². The van der Waals surface area contributed by atoms with Crippen molar-refractivity contribution in [2.24, 2.45) is 5.92 Å². The molecule has 6 rings (SSSR count). The molecule has 3 aromatic carbocycles. The molecule has 1 saturated carbocycles. The van der Waals surface area contributed by atoms with E-state index in [-0.39, 0.29) is 35.9 Å². The third kappa shape index (κ3) is 5.07. The largest absolute Gasteiger partial charge is 0.465 e. The van der Waals surface area contributed by atoms with Gasteiger partial charge in [0.2, 0.25) is 5.91 Å². The molecule has 3 N–H and O–H groups in total. The zero-order valence-electron chi connectivity index (χ0n) is 23.3. The zero-order chi connectivity index (χ0) is 30.5. The van der Waals surface area contributed by atoms with E-state index in [4.69, 9.17) is 27.9 Å². The number of hydrogen-bond acceptors (Lipinski definition) is 8. The lowest BCUT2D eigenvalue weighted by Crippen LogP contribution is -2.53. The summed E-state index contributed by atoms with van der Waals surface area (Å²) in [6.45, 7) is 0.291. The molecule has 10 nitrogen and oxygen atoms in total. The Morgan fingerprint density at radius 3 is 2.60 bits per heavy atom. The van der Waals surface area contributed by atoms with E-state index < -0.39 is 34.4 Å². The molecule has 0 aromatic heterocycles. The Balaban J connectivity index is 1.51. The van der Waals surface area contributed by atoms with Gasteiger partial charge in [-0.05, 0) is 60.7 Å². The number of hydrogen-bond donors (Lipinski definition) is 3. The van der Waals surface area contributed by atoms with E-state index in [0.29, 0.717) is 28.2 Å². The molecule has 1 spiro atoms. The summed E-state index contributed by atoms with van der Waals surface area (Å²) >= 11 is 12.8. The Bertz CT molecular complexity index is 1610. The van der Waals surface area contributed by atoms with Crippen molar-refractivity contribution < 1.29 is 24.4 Å². The van der Waals surface area contributed by atoms with Gasteiger partial charge in [0, 0.05) is 58.0 Å². The molecule has 1 amide bonds. The normalized spacial score (nSPS) is 24.7. The molecule has 2 heterocycles. The van der Waals surface area contributed by atoms with Crippen LogP contribution in [0.1, 0.15) is 45.8 Å². The SMILES string of the molecule is COC(=O)c1ccc([N+](=O)[O-])c(CN[C@@H]2[C@H](CO)N(CC3CC3)[C@@]3(C(=O)Nc4cc(Cl)ccc43)[C@H]2c2cccc(Cl)c2)c1. The van der Waals surface area contributed by atoms with Crippen LogP contribution in [0, 0.1) is 16.0 Å². The van der Waals surface area contributed by atoms with Crippen molar-refractivity contribution in [1.82, 2.24) is 10.2 Å². The fourth-order valence-electron chi connectivity index (χ4n) is 6.85. The van der Waals surface area contributed by atoms with Gasteiger partial charge in [0.25, 0.3) is 5.69 Å². The number of aliphatic hydroxyl groups is 1. The van der Waals surface area contributed by atoms with Gasteiger partial charge >= 0.3 is 5.97 Å². The number of likely N-dealkylation sites (tertiary alicyclic amines) is 1. The van der Waals surface area contributed by atoms with Crippen LogP contribution in [-0.4, -0.2) is 59.2 Å². The van der Waals surface area contributed by atoms with Crippen LogP contribution in [0.25, 0.3) is 0 Å². The smallest absolute Gasteiger partial charge is 0.337 e. The summed E-state index contributed by atoms with van der Waals surface area (Å²) < 4.78 is 4.83. The van der Waals surface area contributed by atoms with Gasteiger partial charge in [0.05, 0.1) is 30.2 Å². The van der Waals surface area contributed by atoms with E-state index in [1.165, 1.54) is 25.3 Å². The minimum Gasteiger partial charge on any atom is -0.465 e. The summed E-state index contributed by atoms with van der Waals surface area (Å²) in [5.74, 6) is -1.05. The summed E-state index contributed by atoms with van der Waals surface area (Å²) in [7, 11) is 1.24. The van der Waals surface area contributed by atoms with Crippen LogP contribution in [0.4, 0.5) is 11.4 Å². The predicted molar refractivity (Wildman–Crippen MR) is 161 cm³/mol. The molecule has 43 heavy (non-hydrogen) atoms. The lowest BCUT2D eigenvalue weighted by Gasteiger charge is -2.39. The van der Waals surface area contributed by atoms with Crippen molar-refractivity contribution in [3.63, 3.8) is 0 Å². The van der Waals surface area contributed by atoms with Crippen molar-refractivity contribution in [2.45, 2.75) is 42.9 Å². The number of anilines is 1. The maximum Gasteiger partial charge on any atom is 0.337 e. The second kappa shape index (κ2) is 11.5. The molecule has 3 aliphatic rings. The molecule has 1 saturated heterocycles. The third-order valence-corrected chi connectivity index (χ3v) is 9.31. The second-order valence-corrected chi connectivity index (χ2v) is 12.2. The first-order valence-corrected chi connectivity index (χ1v) is 14.8. The number of nitro groups is 1. The molecular weight excluding hydrogens is 595 g/mol. The number of esters is 1. The van der Waals surface area contributed by atoms with Gasteiger partial charge in [0.1, 0.15) is 5.54 Å². The van der Waals surface area contributed by atoms with Gasteiger partial charge in [-0.15, -0.1) is 0 Å². The number of rotatable bonds is 9. The number of nitro benzene ring substituents is 1. The van der Waals surface area contributed by atoms with Crippen molar-refractivity contribution in [1.29, 1.82) is 0 Å². The van der Waals surface area contributed by atoms with Crippen molar-refractivity contribution in [2.75, 3.05) is 25.6 Å². The highest BCUT2D eigenvalue weighted by molar-refractivity contribution is 6.31. The van der Waals surface area contributed by atoms with Gasteiger partial charge in [-0.1, -0.05) is 41.4 Å². The summed E-state index contributed by atoms with van der Waals surface area (Å²) in [6.07, 6.45) is 2.04. The number of fused-ring (bicyclic) bond motifs is 2. The molecular formula is C31H30Cl2N4O6. The van der Waals surface area contributed by atoms with Crippen LogP contribution < -0.4 is 10.6 Å². The fraction of sp³-hybridized carbons (Fsp3) is 0.355. The van der Waals surface area contributed by atoms with E-state index in [2.05, 4.69) is 15.5 Å². The Labute approximate surface area is 258 Å². The molecule has 224 valence electrons. The van der Waals surface area contributed by atoms with Crippen LogP contribution >= 0.6 is 23.2 Å². The molecule has 2 fully saturated rings. The van der Waals surface area contributed by atoms with Crippen molar-refractivity contribution in [3.8, 4) is 0 Å². The van der Waals surface area contributed by atoms with Crippen LogP contribution in [0.15, 0.2) is 60.7 Å². The third-order valence-electron chi connectivity index (χ3n) is 8.84. The first kappa shape index (κ1) is 29.5. The molecule has 0 radical (unpaired) electrons. The number of nitrogens with one attached hydrogen (secondary N) is 2. The number of carbonyl (C=O) groups is 2. The minimum absolute atomic E-state index is 0.0121. The molecule has 0 bridgehead atoms. The summed E-state index contributed by atoms with van der Waals surface area (Å²) in [5, 5.41) is 30.4. The van der Waals surface area contributed by atoms with E-state index in [9.17, 15) is 24.8 Å². The second-order valence-electron chi connectivity index (χ2n) is 11.3. The Hall–Kier alpha value is -3.54. The number of halogens is 2. The summed E-state index contributed by atoms with van der Waals surface area (Å²) in [6, 6.07) is 15.6. The van der Waals surface area contributed by atoms with E-state index >= 15 is 0 Å². The van der Waals surface area contributed by atoms with Gasteiger partial charge < -0.3 is 20.5 Å². The number of nitrogens with zero attached hydrogens (tertiary/aromatic N) is 2. The molecule has 2 aliphatic heterocycles. The maximum absolute atomic E-state index is 14.3. The van der Waals surface area contributed by atoms with Crippen LogP contribution in [0.2, 0.25) is 10.0 Å². The molecule has 3 aromatic rings. The highest BCUT2D eigenvalue weighted by Gasteiger charge is 2.67. The highest BCUT2D eigenvalue weighted by atomic mass is 35.5. The highest BCUT2D eigenvalue weighted by Crippen LogP contribution is 2.58. The zero-order valence-corrected chi connectivity index (χ0v) is 24.8. The summed E-state index contributed by atoms with van der Waals surface area (Å²) in [4.78, 5) is 40.1. The molecule has 12 heteroatoms. The van der Waals surface area contributed by atoms with Gasteiger partial charge in [-0.25, -0.2) is 4.79 Å². The first-order valence-electron chi connectivity index (χ1n) is 14.0. The van der Waals surface area contributed by atoms with Crippen LogP contribution in [-0.2, 0) is 21.6 Å². The number of carbonyl (C=O) groups excluding carboxylic acids is 2. The monoisotopic (exact) mass is 624 g/mol. The van der Waals surface area contributed by atoms with Crippen molar-refractivity contribution >= 4 is 46.5 Å². The molecule has 0 unspecified atom stereocenters. The quantitative estimate of drug-likeness (QED) is 0.174. The van der Waals surface area contributed by atoms with Crippen LogP contribution in [0.3, 0.4) is 0 Å². The Kier molecular flexibility index (Phi) is 7.91. The van der Waals surface area contributed by atoms with E-state index in [0.717, 1.165) is 24.0 Å². The average molecular weight is 626 g/mol. The fourth-order valence-corrected chi connectivity index (χ4v) is 7.22. The van der Waals surface area contributed by atoms with Crippen molar-refractivity contribution in [3.05, 3.63) is 103 Å². The van der Waals surface area contributed by atoms with E-state index in [1.54, 1.807) is 18.2 Å². The number of amides is 1. The lowest BCUT2D eigenvalue weighted by atomic mass is 9.73. The topological polar surface area (TPSA) is 134 Å². The lowest BCUT2D eigenvalue weighted by molar-refractivity contribution is -0.385. The minimum atomic E-state index is -1.22. The van der Waals surface area contributed by atoms with Gasteiger partial charge in [-0.3, -0.25) is 19.8 Å². The standard InChI is InChI=1S/C31H30Cl2N4O6/c1-43-29(39)19-7-10-25(37(41)42)20(11-19)14-34-28-26(16-38)36(15-17-5-6-17)31(27(28)18-3-2-4-21(32)12-18)23-9-8-22(33)13-24(23)35-30(31)40/h2-4,7-13,17,26-28,34,38H,5-6,14-16H2,1H3,(H,35,40)/t26-,27-,28+,31+/m0/s1. The number of aliphatic hydroxyl groups excluding tert-OH is 1. The summed E-state index contributed by atoms with van der Waals surface area (Å²) in [5.41, 5.74) is 1.18. The first-order chi connectivity index (χ1) is 20.7. The molecule has 4 atom stereocenters.